The van der Waals surface area contributed by atoms with Crippen molar-refractivity contribution in [2.75, 3.05) is 0 Å². The summed E-state index contributed by atoms with van der Waals surface area (Å²) in [6.45, 7) is 0. The highest BCUT2D eigenvalue weighted by Gasteiger charge is 2.22. The van der Waals surface area contributed by atoms with E-state index >= 15 is 0 Å². The van der Waals surface area contributed by atoms with Gasteiger partial charge < -0.3 is 9.88 Å². The van der Waals surface area contributed by atoms with E-state index in [1.54, 1.807) is 47.5 Å². The number of carbonyl (C=O) groups excluding carboxylic acids is 1. The molecule has 0 fully saturated rings. The van der Waals surface area contributed by atoms with Crippen molar-refractivity contribution in [2.45, 2.75) is 6.04 Å². The molecule has 0 saturated carbocycles. The lowest BCUT2D eigenvalue weighted by atomic mass is 10.1. The molecule has 2 heterocycles. The number of nitrogens with zero attached hydrogens (tertiary/aromatic N) is 4. The molecule has 6 nitrogen and oxygen atoms in total. The van der Waals surface area contributed by atoms with Crippen molar-refractivity contribution in [1.29, 1.82) is 0 Å². The Morgan fingerprint density at radius 3 is 2.52 bits per heavy atom. The largest absolute Gasteiger partial charge is 0.338 e. The third-order valence-corrected chi connectivity index (χ3v) is 4.78. The minimum atomic E-state index is -0.540. The Balaban J connectivity index is 1.61. The second-order valence-corrected chi connectivity index (χ2v) is 6.94. The molecule has 0 spiro atoms. The summed E-state index contributed by atoms with van der Waals surface area (Å²) in [5.74, 6) is -0.0273. The molecule has 0 saturated heterocycles. The number of amides is 1. The molecule has 0 unspecified atom stereocenters. The van der Waals surface area contributed by atoms with Gasteiger partial charge in [-0.05, 0) is 42.0 Å². The standard InChI is InChI=1S/C21H17ClFN5O/c1-27-11-10-24-20(27)19(14-2-6-17(23)7-3-14)26-21(29)15-12-25-28(13-15)18-8-4-16(22)5-9-18/h2-13,19H,1H3,(H,26,29)/t19-/m1/s1. The second kappa shape index (κ2) is 7.89. The second-order valence-electron chi connectivity index (χ2n) is 6.50. The molecule has 4 aromatic rings. The third kappa shape index (κ3) is 4.05. The number of aryl methyl sites for hydroxylation is 1. The minimum Gasteiger partial charge on any atom is -0.338 e. The van der Waals surface area contributed by atoms with Crippen molar-refractivity contribution in [3.63, 3.8) is 0 Å². The number of imidazole rings is 1. The lowest BCUT2D eigenvalue weighted by Gasteiger charge is -2.18. The number of rotatable bonds is 5. The Morgan fingerprint density at radius 2 is 1.86 bits per heavy atom. The fourth-order valence-corrected chi connectivity index (χ4v) is 3.12. The Labute approximate surface area is 171 Å². The van der Waals surface area contributed by atoms with E-state index in [4.69, 9.17) is 11.6 Å². The summed E-state index contributed by atoms with van der Waals surface area (Å²) >= 11 is 5.92. The summed E-state index contributed by atoms with van der Waals surface area (Å²) < 4.78 is 16.8. The first-order valence-corrected chi connectivity index (χ1v) is 9.23. The van der Waals surface area contributed by atoms with Gasteiger partial charge >= 0.3 is 0 Å². The van der Waals surface area contributed by atoms with Crippen LogP contribution in [0.2, 0.25) is 5.02 Å². The van der Waals surface area contributed by atoms with Gasteiger partial charge in [-0.15, -0.1) is 0 Å². The first kappa shape index (κ1) is 18.9. The number of hydrogen-bond donors (Lipinski definition) is 1. The lowest BCUT2D eigenvalue weighted by molar-refractivity contribution is 0.0941. The molecule has 1 amide bonds. The maximum absolute atomic E-state index is 13.4. The molecule has 0 aliphatic rings. The van der Waals surface area contributed by atoms with Crippen molar-refractivity contribution in [3.8, 4) is 5.69 Å². The Kier molecular flexibility index (Phi) is 5.14. The van der Waals surface area contributed by atoms with Crippen molar-refractivity contribution in [2.24, 2.45) is 7.05 Å². The first-order valence-electron chi connectivity index (χ1n) is 8.85. The van der Waals surface area contributed by atoms with E-state index in [0.717, 1.165) is 11.3 Å². The van der Waals surface area contributed by atoms with E-state index in [1.807, 2.05) is 23.7 Å². The van der Waals surface area contributed by atoms with Crippen LogP contribution in [0.5, 0.6) is 0 Å². The van der Waals surface area contributed by atoms with Crippen LogP contribution < -0.4 is 5.32 Å². The Hall–Kier alpha value is -3.45. The summed E-state index contributed by atoms with van der Waals surface area (Å²) in [4.78, 5) is 17.2. The van der Waals surface area contributed by atoms with Crippen LogP contribution in [-0.2, 0) is 7.05 Å². The van der Waals surface area contributed by atoms with Crippen molar-refractivity contribution in [3.05, 3.63) is 101 Å². The van der Waals surface area contributed by atoms with Crippen LogP contribution in [0.25, 0.3) is 5.69 Å². The smallest absolute Gasteiger partial charge is 0.255 e. The predicted molar refractivity (Wildman–Crippen MR) is 107 cm³/mol. The first-order chi connectivity index (χ1) is 14.0. The molecule has 0 aliphatic carbocycles. The predicted octanol–water partition coefficient (Wildman–Crippen LogP) is 3.92. The SMILES string of the molecule is Cn1ccnc1[C@H](NC(=O)c1cnn(-c2ccc(Cl)cc2)c1)c1ccc(F)cc1. The Bertz CT molecular complexity index is 1130. The van der Waals surface area contributed by atoms with Gasteiger partial charge in [0.05, 0.1) is 17.4 Å². The average molecular weight is 410 g/mol. The van der Waals surface area contributed by atoms with Gasteiger partial charge in [0.25, 0.3) is 5.91 Å². The summed E-state index contributed by atoms with van der Waals surface area (Å²) in [6, 6.07) is 12.6. The zero-order chi connectivity index (χ0) is 20.4. The van der Waals surface area contributed by atoms with Crippen LogP contribution in [0.15, 0.2) is 73.3 Å². The molecule has 0 aliphatic heterocycles. The van der Waals surface area contributed by atoms with Gasteiger partial charge in [-0.25, -0.2) is 14.1 Å². The number of hydrogen-bond acceptors (Lipinski definition) is 3. The van der Waals surface area contributed by atoms with Gasteiger partial charge in [-0.1, -0.05) is 23.7 Å². The molecule has 2 aromatic carbocycles. The summed E-state index contributed by atoms with van der Waals surface area (Å²) in [7, 11) is 1.84. The van der Waals surface area contributed by atoms with E-state index in [-0.39, 0.29) is 11.7 Å². The van der Waals surface area contributed by atoms with Gasteiger partial charge in [-0.2, -0.15) is 5.10 Å². The van der Waals surface area contributed by atoms with Crippen molar-refractivity contribution < 1.29 is 9.18 Å². The summed E-state index contributed by atoms with van der Waals surface area (Å²) in [6.07, 6.45) is 6.57. The van der Waals surface area contributed by atoms with Gasteiger partial charge in [0, 0.05) is 30.7 Å². The molecule has 0 radical (unpaired) electrons. The quantitative estimate of drug-likeness (QED) is 0.543. The van der Waals surface area contributed by atoms with Crippen LogP contribution >= 0.6 is 11.6 Å². The van der Waals surface area contributed by atoms with Crippen LogP contribution in [-0.4, -0.2) is 25.2 Å². The van der Waals surface area contributed by atoms with Crippen molar-refractivity contribution >= 4 is 17.5 Å². The summed E-state index contributed by atoms with van der Waals surface area (Å²) in [5, 5.41) is 7.84. The summed E-state index contributed by atoms with van der Waals surface area (Å²) in [5.41, 5.74) is 1.90. The van der Waals surface area contributed by atoms with Crippen LogP contribution in [0.4, 0.5) is 4.39 Å². The van der Waals surface area contributed by atoms with Crippen molar-refractivity contribution in [1.82, 2.24) is 24.6 Å². The van der Waals surface area contributed by atoms with Crippen LogP contribution in [0.3, 0.4) is 0 Å². The fourth-order valence-electron chi connectivity index (χ4n) is 3.00. The molecule has 1 atom stereocenters. The Morgan fingerprint density at radius 1 is 1.14 bits per heavy atom. The highest BCUT2D eigenvalue weighted by molar-refractivity contribution is 6.30. The van der Waals surface area contributed by atoms with Gasteiger partial charge in [0.1, 0.15) is 17.7 Å². The molecule has 2 aromatic heterocycles. The van der Waals surface area contributed by atoms with E-state index in [2.05, 4.69) is 15.4 Å². The average Bonchev–Trinajstić information content (AvgIpc) is 3.37. The van der Waals surface area contributed by atoms with Crippen LogP contribution in [0.1, 0.15) is 27.8 Å². The molecular weight excluding hydrogens is 393 g/mol. The highest BCUT2D eigenvalue weighted by atomic mass is 35.5. The number of aromatic nitrogens is 4. The molecule has 146 valence electrons. The van der Waals surface area contributed by atoms with E-state index in [0.29, 0.717) is 16.4 Å². The van der Waals surface area contributed by atoms with E-state index in [1.165, 1.54) is 18.3 Å². The van der Waals surface area contributed by atoms with Crippen LogP contribution in [0, 0.1) is 5.82 Å². The molecule has 0 bridgehead atoms. The zero-order valence-corrected chi connectivity index (χ0v) is 16.2. The maximum Gasteiger partial charge on any atom is 0.255 e. The topological polar surface area (TPSA) is 64.7 Å². The lowest BCUT2D eigenvalue weighted by Crippen LogP contribution is -2.31. The van der Waals surface area contributed by atoms with Gasteiger partial charge in [0.2, 0.25) is 0 Å². The normalized spacial score (nSPS) is 12.0. The minimum absolute atomic E-state index is 0.317. The van der Waals surface area contributed by atoms with Gasteiger partial charge in [-0.3, -0.25) is 4.79 Å². The number of nitrogens with one attached hydrogen (secondary N) is 1. The van der Waals surface area contributed by atoms with E-state index in [9.17, 15) is 9.18 Å². The maximum atomic E-state index is 13.4. The molecule has 29 heavy (non-hydrogen) atoms. The molecule has 8 heteroatoms. The fraction of sp³-hybridized carbons (Fsp3) is 0.0952. The van der Waals surface area contributed by atoms with Gasteiger partial charge in [0.15, 0.2) is 0 Å². The number of benzene rings is 2. The van der Waals surface area contributed by atoms with E-state index < -0.39 is 6.04 Å². The zero-order valence-electron chi connectivity index (χ0n) is 15.5. The highest BCUT2D eigenvalue weighted by Crippen LogP contribution is 2.22. The third-order valence-electron chi connectivity index (χ3n) is 4.53. The molecule has 4 rings (SSSR count). The number of carbonyl (C=O) groups is 1. The molecule has 1 N–H and O–H groups in total. The monoisotopic (exact) mass is 409 g/mol. The number of halogens is 2. The molecular formula is C21H17ClFN5O.